The highest BCUT2D eigenvalue weighted by molar-refractivity contribution is 7.90. The maximum Gasteiger partial charge on any atom is 0.326 e. The van der Waals surface area contributed by atoms with Gasteiger partial charge in [0.1, 0.15) is 6.04 Å². The van der Waals surface area contributed by atoms with E-state index in [2.05, 4.69) is 0 Å². The summed E-state index contributed by atoms with van der Waals surface area (Å²) in [6, 6.07) is 3.06. The minimum Gasteiger partial charge on any atom is -0.480 e. The Balaban J connectivity index is 2.39. The number of carbonyl (C=O) groups is 2. The van der Waals surface area contributed by atoms with E-state index in [-0.39, 0.29) is 15.5 Å². The van der Waals surface area contributed by atoms with Crippen molar-refractivity contribution < 1.29 is 23.1 Å². The molecule has 1 saturated heterocycles. The van der Waals surface area contributed by atoms with E-state index in [9.17, 15) is 18.0 Å². The number of carboxylic acids is 1. The van der Waals surface area contributed by atoms with E-state index < -0.39 is 27.8 Å². The first-order chi connectivity index (χ1) is 9.71. The number of hydrogen-bond acceptors (Lipinski definition) is 4. The van der Waals surface area contributed by atoms with Gasteiger partial charge in [-0.1, -0.05) is 11.6 Å². The van der Waals surface area contributed by atoms with E-state index >= 15 is 0 Å². The van der Waals surface area contributed by atoms with Crippen LogP contribution in [0.1, 0.15) is 23.2 Å². The van der Waals surface area contributed by atoms with Gasteiger partial charge in [-0.2, -0.15) is 0 Å². The van der Waals surface area contributed by atoms with E-state index in [4.69, 9.17) is 16.7 Å². The summed E-state index contributed by atoms with van der Waals surface area (Å²) in [5.41, 5.74) is 0.118. The second-order valence-electron chi connectivity index (χ2n) is 4.91. The van der Waals surface area contributed by atoms with Gasteiger partial charge in [-0.3, -0.25) is 4.79 Å². The summed E-state index contributed by atoms with van der Waals surface area (Å²) in [5, 5.41) is 9.13. The molecule has 1 aromatic carbocycles. The molecule has 0 saturated carbocycles. The molecule has 21 heavy (non-hydrogen) atoms. The maximum absolute atomic E-state index is 12.4. The van der Waals surface area contributed by atoms with Crippen molar-refractivity contribution in [1.82, 2.24) is 4.90 Å². The normalized spacial score (nSPS) is 18.8. The van der Waals surface area contributed by atoms with Crippen LogP contribution < -0.4 is 0 Å². The molecule has 1 aliphatic heterocycles. The molecule has 0 aromatic heterocycles. The summed E-state index contributed by atoms with van der Waals surface area (Å²) in [6.07, 6.45) is 2.00. The average Bonchev–Trinajstić information content (AvgIpc) is 2.86. The topological polar surface area (TPSA) is 91.8 Å². The third-order valence-electron chi connectivity index (χ3n) is 3.38. The van der Waals surface area contributed by atoms with Gasteiger partial charge >= 0.3 is 5.97 Å². The lowest BCUT2D eigenvalue weighted by Crippen LogP contribution is -2.40. The van der Waals surface area contributed by atoms with Crippen LogP contribution >= 0.6 is 11.6 Å². The third kappa shape index (κ3) is 3.19. The zero-order chi connectivity index (χ0) is 15.8. The highest BCUT2D eigenvalue weighted by Crippen LogP contribution is 2.25. The molecule has 2 rings (SSSR count). The molecule has 0 radical (unpaired) electrons. The lowest BCUT2D eigenvalue weighted by molar-refractivity contribution is -0.141. The Labute approximate surface area is 127 Å². The SMILES string of the molecule is CS(=O)(=O)c1cc(C(=O)N2CCC[C@@H]2C(=O)O)ccc1Cl. The number of rotatable bonds is 3. The molecule has 6 nitrogen and oxygen atoms in total. The number of sulfone groups is 1. The van der Waals surface area contributed by atoms with Gasteiger partial charge in [0.25, 0.3) is 5.91 Å². The Morgan fingerprint density at radius 1 is 1.38 bits per heavy atom. The summed E-state index contributed by atoms with van der Waals surface area (Å²) in [5.74, 6) is -1.56. The molecule has 1 fully saturated rings. The molecule has 0 unspecified atom stereocenters. The predicted octanol–water partition coefficient (Wildman–Crippen LogP) is 1.43. The summed E-state index contributed by atoms with van der Waals surface area (Å²) in [6.45, 7) is 0.340. The van der Waals surface area contributed by atoms with Gasteiger partial charge in [0.05, 0.1) is 9.92 Å². The number of carbonyl (C=O) groups excluding carboxylic acids is 1. The van der Waals surface area contributed by atoms with Crippen molar-refractivity contribution in [3.8, 4) is 0 Å². The number of aliphatic carboxylic acids is 1. The second-order valence-corrected chi connectivity index (χ2v) is 7.30. The number of amides is 1. The van der Waals surface area contributed by atoms with Crippen LogP contribution in [-0.2, 0) is 14.6 Å². The number of benzene rings is 1. The van der Waals surface area contributed by atoms with Gasteiger partial charge in [0.15, 0.2) is 9.84 Å². The predicted molar refractivity (Wildman–Crippen MR) is 76.3 cm³/mol. The van der Waals surface area contributed by atoms with Crippen molar-refractivity contribution in [2.24, 2.45) is 0 Å². The molecule has 0 bridgehead atoms. The molecule has 0 aliphatic carbocycles. The molecule has 1 amide bonds. The fraction of sp³-hybridized carbons (Fsp3) is 0.385. The summed E-state index contributed by atoms with van der Waals surface area (Å²) < 4.78 is 23.2. The van der Waals surface area contributed by atoms with Crippen LogP contribution in [0.25, 0.3) is 0 Å². The zero-order valence-corrected chi connectivity index (χ0v) is 12.8. The van der Waals surface area contributed by atoms with Gasteiger partial charge in [0.2, 0.25) is 0 Å². The Bertz CT molecular complexity index is 701. The Morgan fingerprint density at radius 3 is 2.62 bits per heavy atom. The molecule has 1 aromatic rings. The summed E-state index contributed by atoms with van der Waals surface area (Å²) in [7, 11) is -3.56. The third-order valence-corrected chi connectivity index (χ3v) is 4.95. The van der Waals surface area contributed by atoms with Crippen molar-refractivity contribution >= 4 is 33.3 Å². The van der Waals surface area contributed by atoms with Gasteiger partial charge < -0.3 is 10.0 Å². The van der Waals surface area contributed by atoms with E-state index in [1.54, 1.807) is 0 Å². The molecule has 1 atom stereocenters. The Hall–Kier alpha value is -1.60. The quantitative estimate of drug-likeness (QED) is 0.904. The van der Waals surface area contributed by atoms with Gasteiger partial charge in [-0.05, 0) is 31.0 Å². The van der Waals surface area contributed by atoms with Crippen LogP contribution in [0, 0.1) is 0 Å². The van der Waals surface area contributed by atoms with Crippen LogP contribution in [-0.4, -0.2) is 49.1 Å². The molecule has 8 heteroatoms. The molecule has 114 valence electrons. The van der Waals surface area contributed by atoms with Gasteiger partial charge in [-0.15, -0.1) is 0 Å². The van der Waals surface area contributed by atoms with Crippen LogP contribution in [0.4, 0.5) is 0 Å². The fourth-order valence-electron chi connectivity index (χ4n) is 2.35. The van der Waals surface area contributed by atoms with Crippen molar-refractivity contribution in [3.63, 3.8) is 0 Å². The van der Waals surface area contributed by atoms with Crippen LogP contribution in [0.2, 0.25) is 5.02 Å². The van der Waals surface area contributed by atoms with E-state index in [1.807, 2.05) is 0 Å². The second kappa shape index (κ2) is 5.65. The number of halogens is 1. The first-order valence-corrected chi connectivity index (χ1v) is 8.52. The Morgan fingerprint density at radius 2 is 2.05 bits per heavy atom. The highest BCUT2D eigenvalue weighted by Gasteiger charge is 2.34. The van der Waals surface area contributed by atoms with E-state index in [1.165, 1.54) is 23.1 Å². The minimum atomic E-state index is -3.56. The molecular formula is C13H14ClNO5S. The molecule has 0 spiro atoms. The zero-order valence-electron chi connectivity index (χ0n) is 11.2. The van der Waals surface area contributed by atoms with Gasteiger partial charge in [-0.25, -0.2) is 13.2 Å². The first-order valence-electron chi connectivity index (χ1n) is 6.25. The van der Waals surface area contributed by atoms with Crippen molar-refractivity contribution in [2.75, 3.05) is 12.8 Å². The van der Waals surface area contributed by atoms with Crippen molar-refractivity contribution in [1.29, 1.82) is 0 Å². The lowest BCUT2D eigenvalue weighted by Gasteiger charge is -2.21. The van der Waals surface area contributed by atoms with Gasteiger partial charge in [0, 0.05) is 18.4 Å². The number of hydrogen-bond donors (Lipinski definition) is 1. The first kappa shape index (κ1) is 15.8. The van der Waals surface area contributed by atoms with E-state index in [0.717, 1.165) is 6.26 Å². The fourth-order valence-corrected chi connectivity index (χ4v) is 3.65. The largest absolute Gasteiger partial charge is 0.480 e. The molecule has 1 N–H and O–H groups in total. The van der Waals surface area contributed by atoms with Crippen molar-refractivity contribution in [2.45, 2.75) is 23.8 Å². The smallest absolute Gasteiger partial charge is 0.326 e. The Kier molecular flexibility index (Phi) is 4.25. The molecular weight excluding hydrogens is 318 g/mol. The standard InChI is InChI=1S/C13H14ClNO5S/c1-21(19,20)11-7-8(4-5-9(11)14)12(16)15-6-2-3-10(15)13(17)18/h4-5,7,10H,2-3,6H2,1H3,(H,17,18)/t10-/m1/s1. The number of likely N-dealkylation sites (tertiary alicyclic amines) is 1. The molecule has 1 heterocycles. The highest BCUT2D eigenvalue weighted by atomic mass is 35.5. The maximum atomic E-state index is 12.4. The number of carboxylic acid groups (broad SMARTS) is 1. The van der Waals surface area contributed by atoms with E-state index in [0.29, 0.717) is 19.4 Å². The summed E-state index contributed by atoms with van der Waals surface area (Å²) >= 11 is 5.83. The summed E-state index contributed by atoms with van der Waals surface area (Å²) in [4.78, 5) is 24.6. The molecule has 1 aliphatic rings. The van der Waals surface area contributed by atoms with Crippen LogP contribution in [0.5, 0.6) is 0 Å². The monoisotopic (exact) mass is 331 g/mol. The van der Waals surface area contributed by atoms with Crippen LogP contribution in [0.3, 0.4) is 0 Å². The van der Waals surface area contributed by atoms with Crippen LogP contribution in [0.15, 0.2) is 23.1 Å². The number of nitrogens with zero attached hydrogens (tertiary/aromatic N) is 1. The van der Waals surface area contributed by atoms with Crippen molar-refractivity contribution in [3.05, 3.63) is 28.8 Å². The lowest BCUT2D eigenvalue weighted by atomic mass is 10.1. The minimum absolute atomic E-state index is 0.0326. The average molecular weight is 332 g/mol.